The van der Waals surface area contributed by atoms with Crippen molar-refractivity contribution >= 4 is 22.6 Å². The molecule has 0 radical (unpaired) electrons. The fourth-order valence-electron chi connectivity index (χ4n) is 4.17. The second-order valence-corrected chi connectivity index (χ2v) is 7.80. The van der Waals surface area contributed by atoms with Gasteiger partial charge >= 0.3 is 0 Å². The smallest absolute Gasteiger partial charge is 0.250 e. The van der Waals surface area contributed by atoms with E-state index in [0.29, 0.717) is 18.4 Å². The van der Waals surface area contributed by atoms with Gasteiger partial charge in [0.05, 0.1) is 24.3 Å². The van der Waals surface area contributed by atoms with E-state index in [1.807, 2.05) is 30.5 Å². The Morgan fingerprint density at radius 3 is 2.67 bits per heavy atom. The normalized spacial score (nSPS) is 14.8. The van der Waals surface area contributed by atoms with Crippen molar-refractivity contribution in [1.82, 2.24) is 9.88 Å². The van der Waals surface area contributed by atoms with Crippen LogP contribution < -0.4 is 5.73 Å². The van der Waals surface area contributed by atoms with Crippen molar-refractivity contribution in [2.75, 3.05) is 32.8 Å². The van der Waals surface area contributed by atoms with E-state index in [-0.39, 0.29) is 5.78 Å². The molecule has 0 unspecified atom stereocenters. The molecule has 3 N–H and O–H groups in total. The van der Waals surface area contributed by atoms with E-state index >= 15 is 0 Å². The maximum atomic E-state index is 12.6. The predicted octanol–water partition coefficient (Wildman–Crippen LogP) is 3.08. The Morgan fingerprint density at radius 2 is 1.90 bits per heavy atom. The van der Waals surface area contributed by atoms with Crippen LogP contribution in [-0.4, -0.2) is 54.4 Å². The van der Waals surface area contributed by atoms with Crippen molar-refractivity contribution in [3.63, 3.8) is 0 Å². The van der Waals surface area contributed by atoms with Crippen LogP contribution in [0.1, 0.15) is 27.9 Å². The van der Waals surface area contributed by atoms with Crippen molar-refractivity contribution in [3.05, 3.63) is 59.3 Å². The standard InChI is InChI=1S/C24H27N3O3/c1-16-17(15-18(28)8-10-27-11-13-30-14-12-27)3-2-4-19(16)20-5-6-22(24(25)29)23-21(20)7-9-26-23/h2-7,9,26H,8,10-15H2,1H3,(H2,25,29). The van der Waals surface area contributed by atoms with Gasteiger partial charge in [-0.1, -0.05) is 24.3 Å². The summed E-state index contributed by atoms with van der Waals surface area (Å²) in [7, 11) is 0. The number of carbonyl (C=O) groups excluding carboxylic acids is 2. The van der Waals surface area contributed by atoms with Crippen LogP contribution in [0.4, 0.5) is 0 Å². The minimum absolute atomic E-state index is 0.248. The second-order valence-electron chi connectivity index (χ2n) is 7.80. The van der Waals surface area contributed by atoms with Crippen molar-refractivity contribution in [3.8, 4) is 11.1 Å². The number of aromatic amines is 1. The fourth-order valence-corrected chi connectivity index (χ4v) is 4.17. The van der Waals surface area contributed by atoms with Gasteiger partial charge in [0.15, 0.2) is 0 Å². The zero-order valence-electron chi connectivity index (χ0n) is 17.2. The molecule has 4 rings (SSSR count). The minimum Gasteiger partial charge on any atom is -0.379 e. The molecule has 3 aromatic rings. The molecule has 6 nitrogen and oxygen atoms in total. The summed E-state index contributed by atoms with van der Waals surface area (Å²) in [6, 6.07) is 11.7. The van der Waals surface area contributed by atoms with Crippen LogP contribution in [0.15, 0.2) is 42.6 Å². The van der Waals surface area contributed by atoms with Gasteiger partial charge in [0.2, 0.25) is 0 Å². The zero-order chi connectivity index (χ0) is 21.1. The average molecular weight is 405 g/mol. The lowest BCUT2D eigenvalue weighted by atomic mass is 9.91. The van der Waals surface area contributed by atoms with E-state index in [9.17, 15) is 9.59 Å². The number of morpholine rings is 1. The van der Waals surface area contributed by atoms with Crippen LogP contribution in [-0.2, 0) is 16.0 Å². The number of fused-ring (bicyclic) bond motifs is 1. The number of ketones is 1. The summed E-state index contributed by atoms with van der Waals surface area (Å²) in [6.45, 7) is 6.14. The topological polar surface area (TPSA) is 88.4 Å². The summed E-state index contributed by atoms with van der Waals surface area (Å²) in [5, 5.41) is 0.949. The molecule has 0 saturated carbocycles. The van der Waals surface area contributed by atoms with Crippen LogP contribution in [0, 0.1) is 6.92 Å². The van der Waals surface area contributed by atoms with Crippen LogP contribution in [0.5, 0.6) is 0 Å². The predicted molar refractivity (Wildman–Crippen MR) is 118 cm³/mol. The summed E-state index contributed by atoms with van der Waals surface area (Å²) in [5.41, 5.74) is 11.0. The van der Waals surface area contributed by atoms with E-state index in [1.54, 1.807) is 6.07 Å². The Bertz CT molecular complexity index is 1080. The second kappa shape index (κ2) is 8.81. The first-order valence-corrected chi connectivity index (χ1v) is 10.3. The number of nitrogens with two attached hydrogens (primary N) is 1. The highest BCUT2D eigenvalue weighted by Gasteiger charge is 2.16. The number of primary amides is 1. The molecule has 0 spiro atoms. The molecule has 0 atom stereocenters. The molecule has 1 aliphatic rings. The molecule has 0 aliphatic carbocycles. The number of rotatable bonds is 7. The monoisotopic (exact) mass is 405 g/mol. The van der Waals surface area contributed by atoms with Gasteiger partial charge in [0.25, 0.3) is 5.91 Å². The number of amides is 1. The Labute approximate surface area is 176 Å². The quantitative estimate of drug-likeness (QED) is 0.632. The number of hydrogen-bond acceptors (Lipinski definition) is 4. The molecule has 2 heterocycles. The van der Waals surface area contributed by atoms with E-state index in [1.165, 1.54) is 0 Å². The fraction of sp³-hybridized carbons (Fsp3) is 0.333. The summed E-state index contributed by atoms with van der Waals surface area (Å²) in [4.78, 5) is 29.8. The van der Waals surface area contributed by atoms with E-state index < -0.39 is 5.91 Å². The molecule has 0 bridgehead atoms. The van der Waals surface area contributed by atoms with Crippen molar-refractivity contribution in [1.29, 1.82) is 0 Å². The highest BCUT2D eigenvalue weighted by molar-refractivity contribution is 6.09. The SMILES string of the molecule is Cc1c(CC(=O)CCN2CCOCC2)cccc1-c1ccc(C(N)=O)c2[nH]ccc12. The molecule has 156 valence electrons. The van der Waals surface area contributed by atoms with Crippen molar-refractivity contribution in [2.45, 2.75) is 19.8 Å². The number of benzene rings is 2. The number of Topliss-reactive ketones (excluding diaryl/α,β-unsaturated/α-hetero) is 1. The van der Waals surface area contributed by atoms with Gasteiger partial charge in [-0.2, -0.15) is 0 Å². The Hall–Kier alpha value is -2.96. The van der Waals surface area contributed by atoms with E-state index in [4.69, 9.17) is 10.5 Å². The molecule has 1 amide bonds. The lowest BCUT2D eigenvalue weighted by Crippen LogP contribution is -2.37. The van der Waals surface area contributed by atoms with Gasteiger partial charge < -0.3 is 15.5 Å². The van der Waals surface area contributed by atoms with Crippen LogP contribution in [0.2, 0.25) is 0 Å². The van der Waals surface area contributed by atoms with Crippen molar-refractivity contribution in [2.24, 2.45) is 5.73 Å². The Balaban J connectivity index is 1.55. The van der Waals surface area contributed by atoms with Gasteiger partial charge in [-0.15, -0.1) is 0 Å². The van der Waals surface area contributed by atoms with E-state index in [0.717, 1.165) is 66.0 Å². The minimum atomic E-state index is -0.453. The maximum absolute atomic E-state index is 12.6. The first-order valence-electron chi connectivity index (χ1n) is 10.3. The zero-order valence-corrected chi connectivity index (χ0v) is 17.2. The first-order chi connectivity index (χ1) is 14.5. The van der Waals surface area contributed by atoms with Gasteiger partial charge in [-0.3, -0.25) is 14.5 Å². The largest absolute Gasteiger partial charge is 0.379 e. The number of ether oxygens (including phenoxy) is 1. The van der Waals surface area contributed by atoms with Gasteiger partial charge in [-0.05, 0) is 41.3 Å². The Morgan fingerprint density at radius 1 is 1.10 bits per heavy atom. The molecule has 1 saturated heterocycles. The third-order valence-corrected chi connectivity index (χ3v) is 5.92. The number of aromatic nitrogens is 1. The lowest BCUT2D eigenvalue weighted by Gasteiger charge is -2.26. The highest BCUT2D eigenvalue weighted by atomic mass is 16.5. The lowest BCUT2D eigenvalue weighted by molar-refractivity contribution is -0.119. The van der Waals surface area contributed by atoms with Gasteiger partial charge in [-0.25, -0.2) is 0 Å². The van der Waals surface area contributed by atoms with Crippen LogP contribution >= 0.6 is 0 Å². The number of hydrogen-bond donors (Lipinski definition) is 2. The van der Waals surface area contributed by atoms with Gasteiger partial charge in [0, 0.05) is 44.1 Å². The molecule has 1 aliphatic heterocycles. The molecule has 2 aromatic carbocycles. The average Bonchev–Trinajstić information content (AvgIpc) is 3.24. The molecular formula is C24H27N3O3. The maximum Gasteiger partial charge on any atom is 0.250 e. The molecule has 1 aromatic heterocycles. The Kier molecular flexibility index (Phi) is 5.97. The van der Waals surface area contributed by atoms with E-state index in [2.05, 4.69) is 22.9 Å². The third kappa shape index (κ3) is 4.15. The molecule has 6 heteroatoms. The highest BCUT2D eigenvalue weighted by Crippen LogP contribution is 2.33. The number of nitrogens with zero attached hydrogens (tertiary/aromatic N) is 1. The summed E-state index contributed by atoms with van der Waals surface area (Å²) in [5.74, 6) is -0.206. The summed E-state index contributed by atoms with van der Waals surface area (Å²) in [6.07, 6.45) is 2.80. The summed E-state index contributed by atoms with van der Waals surface area (Å²) >= 11 is 0. The number of nitrogens with one attached hydrogen (secondary N) is 1. The number of carbonyl (C=O) groups is 2. The number of H-pyrrole nitrogens is 1. The van der Waals surface area contributed by atoms with Crippen LogP contribution in [0.25, 0.3) is 22.0 Å². The third-order valence-electron chi connectivity index (χ3n) is 5.92. The summed E-state index contributed by atoms with van der Waals surface area (Å²) < 4.78 is 5.36. The van der Waals surface area contributed by atoms with Crippen LogP contribution in [0.3, 0.4) is 0 Å². The molecule has 1 fully saturated rings. The molecular weight excluding hydrogens is 378 g/mol. The molecule has 30 heavy (non-hydrogen) atoms. The van der Waals surface area contributed by atoms with Gasteiger partial charge in [0.1, 0.15) is 5.78 Å². The van der Waals surface area contributed by atoms with Crippen molar-refractivity contribution < 1.29 is 14.3 Å². The first kappa shape index (κ1) is 20.3.